The lowest BCUT2D eigenvalue weighted by Gasteiger charge is -2.04. The van der Waals surface area contributed by atoms with Crippen LogP contribution in [0.3, 0.4) is 0 Å². The summed E-state index contributed by atoms with van der Waals surface area (Å²) < 4.78 is 2.15. The maximum Gasteiger partial charge on any atom is 0.331 e. The first-order valence-electron chi connectivity index (χ1n) is 6.54. The number of rotatable bonds is 3. The highest BCUT2D eigenvalue weighted by Gasteiger charge is 2.08. The molecule has 0 radical (unpaired) electrons. The van der Waals surface area contributed by atoms with Gasteiger partial charge in [0.25, 0.3) is 0 Å². The third-order valence-electron chi connectivity index (χ3n) is 3.60. The van der Waals surface area contributed by atoms with Crippen LogP contribution in [0.15, 0.2) is 60.2 Å². The molecule has 0 fully saturated rings. The van der Waals surface area contributed by atoms with Gasteiger partial charge in [-0.2, -0.15) is 0 Å². The topological polar surface area (TPSA) is 42.2 Å². The van der Waals surface area contributed by atoms with Crippen LogP contribution >= 0.6 is 0 Å². The van der Waals surface area contributed by atoms with Crippen LogP contribution in [0, 0.1) is 0 Å². The van der Waals surface area contributed by atoms with Crippen LogP contribution < -0.4 is 0 Å². The number of hydrogen-bond donors (Lipinski definition) is 1. The Morgan fingerprint density at radius 2 is 1.55 bits per heavy atom. The van der Waals surface area contributed by atoms with Crippen molar-refractivity contribution in [3.8, 4) is 0 Å². The minimum Gasteiger partial charge on any atom is -0.478 e. The lowest BCUT2D eigenvalue weighted by molar-refractivity contribution is -0.132. The van der Waals surface area contributed by atoms with Gasteiger partial charge in [-0.05, 0) is 19.1 Å². The number of fused-ring (bicyclic) bond motifs is 3. The summed E-state index contributed by atoms with van der Waals surface area (Å²) >= 11 is 0. The molecule has 0 unspecified atom stereocenters. The molecule has 3 nitrogen and oxygen atoms in total. The van der Waals surface area contributed by atoms with Crippen molar-refractivity contribution in [1.82, 2.24) is 4.57 Å². The molecule has 0 aliphatic carbocycles. The molecule has 1 aromatic heterocycles. The summed E-state index contributed by atoms with van der Waals surface area (Å²) in [5, 5.41) is 11.4. The van der Waals surface area contributed by atoms with Crippen molar-refractivity contribution in [2.45, 2.75) is 13.5 Å². The Morgan fingerprint density at radius 3 is 2.05 bits per heavy atom. The van der Waals surface area contributed by atoms with E-state index in [0.29, 0.717) is 12.1 Å². The molecule has 3 rings (SSSR count). The zero-order valence-corrected chi connectivity index (χ0v) is 11.2. The van der Waals surface area contributed by atoms with Crippen molar-refractivity contribution >= 4 is 27.8 Å². The van der Waals surface area contributed by atoms with Gasteiger partial charge in [-0.25, -0.2) is 4.79 Å². The molecule has 0 amide bonds. The number of allylic oxidation sites excluding steroid dienone is 1. The number of carboxylic acids is 1. The third kappa shape index (κ3) is 1.97. The molecule has 100 valence electrons. The first kappa shape index (κ1) is 12.5. The number of hydrogen-bond acceptors (Lipinski definition) is 1. The van der Waals surface area contributed by atoms with Crippen molar-refractivity contribution in [3.63, 3.8) is 0 Å². The van der Waals surface area contributed by atoms with Gasteiger partial charge < -0.3 is 9.67 Å². The number of nitrogens with zero attached hydrogens (tertiary/aromatic N) is 1. The van der Waals surface area contributed by atoms with Crippen molar-refractivity contribution in [2.24, 2.45) is 0 Å². The lowest BCUT2D eigenvalue weighted by atomic mass is 10.2. The zero-order valence-electron chi connectivity index (χ0n) is 11.2. The van der Waals surface area contributed by atoms with Crippen LogP contribution in [-0.4, -0.2) is 15.6 Å². The Labute approximate surface area is 116 Å². The number of benzene rings is 2. The Hall–Kier alpha value is -2.55. The molecule has 1 heterocycles. The maximum absolute atomic E-state index is 10.9. The highest BCUT2D eigenvalue weighted by molar-refractivity contribution is 6.08. The normalized spacial score (nSPS) is 12.2. The molecule has 2 aromatic carbocycles. The molecule has 20 heavy (non-hydrogen) atoms. The van der Waals surface area contributed by atoms with Gasteiger partial charge in [0.05, 0.1) is 0 Å². The first-order chi connectivity index (χ1) is 9.68. The molecular formula is C17H15NO2. The summed E-state index contributed by atoms with van der Waals surface area (Å²) in [7, 11) is 0. The highest BCUT2D eigenvalue weighted by atomic mass is 16.4. The monoisotopic (exact) mass is 265 g/mol. The third-order valence-corrected chi connectivity index (χ3v) is 3.60. The first-order valence-corrected chi connectivity index (χ1v) is 6.54. The molecule has 1 N–H and O–H groups in total. The molecule has 0 aliphatic rings. The largest absolute Gasteiger partial charge is 0.478 e. The van der Waals surface area contributed by atoms with Gasteiger partial charge in [0.2, 0.25) is 0 Å². The van der Waals surface area contributed by atoms with E-state index in [4.69, 9.17) is 5.11 Å². The van der Waals surface area contributed by atoms with E-state index in [1.54, 1.807) is 13.0 Å². The Balaban J connectivity index is 2.22. The fourth-order valence-electron chi connectivity index (χ4n) is 2.52. The van der Waals surface area contributed by atoms with Gasteiger partial charge in [-0.3, -0.25) is 0 Å². The van der Waals surface area contributed by atoms with E-state index in [-0.39, 0.29) is 0 Å². The van der Waals surface area contributed by atoms with Crippen molar-refractivity contribution in [2.75, 3.05) is 0 Å². The molecule has 0 atom stereocenters. The fourth-order valence-corrected chi connectivity index (χ4v) is 2.52. The number of para-hydroxylation sites is 2. The fraction of sp³-hybridized carbons (Fsp3) is 0.118. The number of carboxylic acid groups (broad SMARTS) is 1. The van der Waals surface area contributed by atoms with Crippen LogP contribution in [0.25, 0.3) is 21.8 Å². The molecule has 0 aliphatic heterocycles. The van der Waals surface area contributed by atoms with E-state index in [1.165, 1.54) is 10.8 Å². The van der Waals surface area contributed by atoms with Gasteiger partial charge in [0.15, 0.2) is 0 Å². The van der Waals surface area contributed by atoms with Gasteiger partial charge in [-0.15, -0.1) is 0 Å². The second kappa shape index (κ2) is 4.85. The summed E-state index contributed by atoms with van der Waals surface area (Å²) in [5.74, 6) is -0.870. The highest BCUT2D eigenvalue weighted by Crippen LogP contribution is 2.28. The Bertz CT molecular complexity index is 774. The SMILES string of the molecule is CC(=CCn1c2ccccc2c2ccccc21)C(=O)O. The predicted molar refractivity (Wildman–Crippen MR) is 80.8 cm³/mol. The standard InChI is InChI=1S/C17H15NO2/c1-12(17(19)20)10-11-18-15-8-4-2-6-13(15)14-7-3-5-9-16(14)18/h2-10H,11H2,1H3,(H,19,20). The van der Waals surface area contributed by atoms with Crippen molar-refractivity contribution in [3.05, 3.63) is 60.2 Å². The van der Waals surface area contributed by atoms with E-state index in [2.05, 4.69) is 28.8 Å². The second-order valence-corrected chi connectivity index (χ2v) is 4.84. The molecule has 0 bridgehead atoms. The van der Waals surface area contributed by atoms with E-state index < -0.39 is 5.97 Å². The Morgan fingerprint density at radius 1 is 1.05 bits per heavy atom. The Kier molecular flexibility index (Phi) is 3.03. The molecule has 0 spiro atoms. The molecule has 3 aromatic rings. The van der Waals surface area contributed by atoms with E-state index in [9.17, 15) is 4.79 Å². The smallest absolute Gasteiger partial charge is 0.331 e. The number of aliphatic carboxylic acids is 1. The molecule has 0 saturated heterocycles. The van der Waals surface area contributed by atoms with E-state index in [0.717, 1.165) is 11.0 Å². The lowest BCUT2D eigenvalue weighted by Crippen LogP contribution is -2.00. The maximum atomic E-state index is 10.9. The van der Waals surface area contributed by atoms with Crippen LogP contribution in [-0.2, 0) is 11.3 Å². The summed E-state index contributed by atoms with van der Waals surface area (Å²) in [6.07, 6.45) is 1.75. The number of carbonyl (C=O) groups is 1. The van der Waals surface area contributed by atoms with Crippen molar-refractivity contribution < 1.29 is 9.90 Å². The van der Waals surface area contributed by atoms with Crippen LogP contribution in [0.2, 0.25) is 0 Å². The zero-order chi connectivity index (χ0) is 14.1. The van der Waals surface area contributed by atoms with Gasteiger partial charge >= 0.3 is 5.97 Å². The number of aromatic nitrogens is 1. The molecule has 3 heteroatoms. The summed E-state index contributed by atoms with van der Waals surface area (Å²) in [6.45, 7) is 2.18. The molecular weight excluding hydrogens is 250 g/mol. The van der Waals surface area contributed by atoms with E-state index >= 15 is 0 Å². The average Bonchev–Trinajstić information content (AvgIpc) is 2.79. The van der Waals surface area contributed by atoms with Crippen LogP contribution in [0.4, 0.5) is 0 Å². The quantitative estimate of drug-likeness (QED) is 0.731. The minimum absolute atomic E-state index is 0.367. The van der Waals surface area contributed by atoms with Crippen LogP contribution in [0.5, 0.6) is 0 Å². The summed E-state index contributed by atoms with van der Waals surface area (Å²) in [4.78, 5) is 10.9. The predicted octanol–water partition coefficient (Wildman–Crippen LogP) is 3.83. The van der Waals surface area contributed by atoms with Gasteiger partial charge in [0, 0.05) is 33.9 Å². The minimum atomic E-state index is -0.870. The second-order valence-electron chi connectivity index (χ2n) is 4.84. The summed E-state index contributed by atoms with van der Waals surface area (Å²) in [5.41, 5.74) is 2.62. The molecule has 0 saturated carbocycles. The average molecular weight is 265 g/mol. The summed E-state index contributed by atoms with van der Waals surface area (Å²) in [6, 6.07) is 16.4. The van der Waals surface area contributed by atoms with E-state index in [1.807, 2.05) is 24.3 Å². The van der Waals surface area contributed by atoms with Crippen LogP contribution in [0.1, 0.15) is 6.92 Å². The van der Waals surface area contributed by atoms with Gasteiger partial charge in [-0.1, -0.05) is 42.5 Å². The van der Waals surface area contributed by atoms with Crippen molar-refractivity contribution in [1.29, 1.82) is 0 Å². The van der Waals surface area contributed by atoms with Gasteiger partial charge in [0.1, 0.15) is 0 Å².